The van der Waals surface area contributed by atoms with Gasteiger partial charge in [-0.1, -0.05) is 0 Å². The van der Waals surface area contributed by atoms with Gasteiger partial charge in [-0.3, -0.25) is 8.42 Å². The zero-order chi connectivity index (χ0) is 11.7. The Kier molecular flexibility index (Phi) is 28.8. The number of urea groups is 1. The van der Waals surface area contributed by atoms with Gasteiger partial charge >= 0.3 is 6.03 Å². The van der Waals surface area contributed by atoms with Gasteiger partial charge in [0, 0.05) is 10.4 Å². The van der Waals surface area contributed by atoms with Crippen molar-refractivity contribution in [3.8, 4) is 0 Å². The number of primary amides is 2. The number of hydrogen-bond acceptors (Lipinski definition) is 7. The Bertz CT molecular complexity index is 218. The summed E-state index contributed by atoms with van der Waals surface area (Å²) in [6.07, 6.45) is 0. The number of quaternary nitrogens is 2. The van der Waals surface area contributed by atoms with Crippen LogP contribution in [0.1, 0.15) is 0 Å². The molecule has 0 aliphatic heterocycles. The van der Waals surface area contributed by atoms with Crippen molar-refractivity contribution >= 4 is 16.4 Å². The third-order valence-corrected chi connectivity index (χ3v) is 0. The predicted octanol–water partition coefficient (Wildman–Crippen LogP) is -1.91. The third kappa shape index (κ3) is 426. The lowest BCUT2D eigenvalue weighted by Gasteiger charge is -2.06. The average Bonchev–Trinajstić information content (AvgIpc) is 1.50. The van der Waals surface area contributed by atoms with Crippen LogP contribution in [0.25, 0.3) is 0 Å². The van der Waals surface area contributed by atoms with E-state index in [1.54, 1.807) is 0 Å². The molecule has 13 nitrogen and oxygen atoms in total. The van der Waals surface area contributed by atoms with E-state index in [-0.39, 0.29) is 12.3 Å². The van der Waals surface area contributed by atoms with E-state index in [4.69, 9.17) is 37.6 Å². The smallest absolute Gasteiger partial charge is 0.309 e. The normalized spacial score (nSPS) is 7.07. The standard InChI is InChI=1S/CH4N2O.HNO3.2H3N.H2O4S/c2*2-1(3)4;;;1-5(2,3)4/h(H4,2,3,4);(H,2,3,4);2*1H3;(H2,1,2,3,4). The van der Waals surface area contributed by atoms with E-state index in [1.807, 2.05) is 0 Å². The summed E-state index contributed by atoms with van der Waals surface area (Å²) < 4.78 is 34.1. The summed E-state index contributed by atoms with van der Waals surface area (Å²) in [5.74, 6) is 0. The van der Waals surface area contributed by atoms with Gasteiger partial charge in [0.05, 0.1) is 0 Å². The lowest BCUT2D eigenvalue weighted by molar-refractivity contribution is -0.742. The summed E-state index contributed by atoms with van der Waals surface area (Å²) in [5.41, 5.74) is 8.50. The van der Waals surface area contributed by atoms with Crippen molar-refractivity contribution in [1.82, 2.24) is 12.3 Å². The molecule has 15 heavy (non-hydrogen) atoms. The van der Waals surface area contributed by atoms with E-state index in [1.165, 1.54) is 0 Å². The average molecular weight is 255 g/mol. The minimum absolute atomic E-state index is 0. The van der Waals surface area contributed by atoms with Crippen LogP contribution in [-0.2, 0) is 10.4 Å². The number of nitrogens with zero attached hydrogens (tertiary/aromatic N) is 1. The van der Waals surface area contributed by atoms with Crippen LogP contribution in [0.15, 0.2) is 0 Å². The molecule has 0 spiro atoms. The van der Waals surface area contributed by atoms with Crippen molar-refractivity contribution in [1.29, 1.82) is 0 Å². The lowest BCUT2D eigenvalue weighted by atomic mass is 11.2. The van der Waals surface area contributed by atoms with Gasteiger partial charge in [0.15, 0.2) is 0 Å². The van der Waals surface area contributed by atoms with Crippen LogP contribution >= 0.6 is 0 Å². The molecule has 0 bridgehead atoms. The van der Waals surface area contributed by atoms with E-state index < -0.39 is 21.5 Å². The number of amides is 2. The molecule has 14 heteroatoms. The highest BCUT2D eigenvalue weighted by atomic mass is 32.3. The highest BCUT2D eigenvalue weighted by Crippen LogP contribution is 1.57. The summed E-state index contributed by atoms with van der Waals surface area (Å²) in [5, 5.41) is 13.6. The van der Waals surface area contributed by atoms with Crippen molar-refractivity contribution in [2.24, 2.45) is 11.5 Å². The zero-order valence-corrected chi connectivity index (χ0v) is 8.63. The Labute approximate surface area is 83.9 Å². The van der Waals surface area contributed by atoms with E-state index in [2.05, 4.69) is 11.5 Å². The van der Waals surface area contributed by atoms with Gasteiger partial charge in [-0.2, -0.15) is 0 Å². The maximum absolute atomic E-state index is 9.00. The molecule has 2 amide bonds. The Hall–Kier alpha value is -1.74. The molecule has 0 heterocycles. The van der Waals surface area contributed by atoms with E-state index in [0.29, 0.717) is 0 Å². The molecule has 0 aliphatic carbocycles. The third-order valence-electron chi connectivity index (χ3n) is 0. The van der Waals surface area contributed by atoms with E-state index in [9.17, 15) is 0 Å². The maximum Gasteiger partial charge on any atom is 0.309 e. The Balaban J connectivity index is -0.0000000315. The number of carbonyl (C=O) groups excluding carboxylic acids is 1. The number of nitrogens with two attached hydrogens (primary N) is 2. The lowest BCUT2D eigenvalue weighted by Crippen LogP contribution is -2.18. The molecule has 0 aromatic rings. The highest BCUT2D eigenvalue weighted by molar-refractivity contribution is 7.79. The first kappa shape index (κ1) is 29.2. The number of hydrogen-bond donors (Lipinski definition) is 5. The molecule has 0 unspecified atom stereocenters. The van der Waals surface area contributed by atoms with Crippen LogP contribution in [0.5, 0.6) is 0 Å². The minimum atomic E-state index is -5.17. The van der Waals surface area contributed by atoms with Crippen molar-refractivity contribution in [2.75, 3.05) is 0 Å². The topological polar surface area (TPSA) is 286 Å². The van der Waals surface area contributed by atoms with Gasteiger partial charge in [-0.15, -0.1) is 10.1 Å². The quantitative estimate of drug-likeness (QED) is 0.140. The van der Waals surface area contributed by atoms with Gasteiger partial charge in [0.1, 0.15) is 0 Å². The SMILES string of the molecule is NC(N)=O.O=S(=O)([O-])[O-].O=[N+]([O-])O.[NH4+].[NH4+]. The molecule has 0 saturated heterocycles. The minimum Gasteiger partial charge on any atom is -0.759 e. The molecule has 0 aliphatic rings. The fourth-order valence-electron chi connectivity index (χ4n) is 0. The molecular weight excluding hydrogens is 242 g/mol. The second kappa shape index (κ2) is 14.8. The molecule has 96 valence electrons. The summed E-state index contributed by atoms with van der Waals surface area (Å²) in [7, 11) is -5.17. The van der Waals surface area contributed by atoms with Gasteiger partial charge < -0.3 is 38.1 Å². The van der Waals surface area contributed by atoms with Crippen molar-refractivity contribution in [2.45, 2.75) is 0 Å². The fraction of sp³-hybridized carbons (Fsp3) is 0. The van der Waals surface area contributed by atoms with Gasteiger partial charge in [-0.05, 0) is 0 Å². The molecule has 0 saturated carbocycles. The second-order valence-corrected chi connectivity index (χ2v) is 1.86. The van der Waals surface area contributed by atoms with Crippen LogP contribution in [0.2, 0.25) is 0 Å². The summed E-state index contributed by atoms with van der Waals surface area (Å²) in [6.45, 7) is 0. The fourth-order valence-corrected chi connectivity index (χ4v) is 0. The number of carbonyl (C=O) groups is 1. The molecule has 0 aromatic carbocycles. The van der Waals surface area contributed by atoms with Crippen molar-refractivity contribution in [3.63, 3.8) is 0 Å². The second-order valence-electron chi connectivity index (χ2n) is 1.05. The zero-order valence-electron chi connectivity index (χ0n) is 7.82. The van der Waals surface area contributed by atoms with Gasteiger partial charge in [-0.25, -0.2) is 4.79 Å². The van der Waals surface area contributed by atoms with Crippen molar-refractivity contribution < 1.29 is 32.6 Å². The Morgan fingerprint density at radius 3 is 1.20 bits per heavy atom. The van der Waals surface area contributed by atoms with E-state index >= 15 is 0 Å². The molecular formula is CH13N5O8S. The largest absolute Gasteiger partial charge is 0.759 e. The van der Waals surface area contributed by atoms with Crippen molar-refractivity contribution in [3.05, 3.63) is 10.1 Å². The maximum atomic E-state index is 9.00. The first-order chi connectivity index (χ1) is 5.46. The summed E-state index contributed by atoms with van der Waals surface area (Å²) in [4.78, 5) is 17.4. The molecule has 13 N–H and O–H groups in total. The molecule has 0 rings (SSSR count). The van der Waals surface area contributed by atoms with Crippen LogP contribution in [0.4, 0.5) is 4.79 Å². The van der Waals surface area contributed by atoms with Gasteiger partial charge in [0.25, 0.3) is 5.09 Å². The van der Waals surface area contributed by atoms with Crippen LogP contribution < -0.4 is 23.8 Å². The van der Waals surface area contributed by atoms with Crippen LogP contribution in [-0.4, -0.2) is 33.8 Å². The molecule has 0 aromatic heterocycles. The summed E-state index contributed by atoms with van der Waals surface area (Å²) in [6, 6.07) is -0.833. The predicted molar refractivity (Wildman–Crippen MR) is 45.0 cm³/mol. The molecule has 0 fully saturated rings. The van der Waals surface area contributed by atoms with Crippen LogP contribution in [0, 0.1) is 10.1 Å². The molecule has 0 radical (unpaired) electrons. The highest BCUT2D eigenvalue weighted by Gasteiger charge is 1.65. The van der Waals surface area contributed by atoms with Crippen LogP contribution in [0.3, 0.4) is 0 Å². The van der Waals surface area contributed by atoms with Gasteiger partial charge in [0.2, 0.25) is 0 Å². The number of rotatable bonds is 0. The Morgan fingerprint density at radius 1 is 1.20 bits per heavy atom. The summed E-state index contributed by atoms with van der Waals surface area (Å²) >= 11 is 0. The molecule has 0 atom stereocenters. The van der Waals surface area contributed by atoms with E-state index in [0.717, 1.165) is 0 Å². The first-order valence-electron chi connectivity index (χ1n) is 2.01. The Morgan fingerprint density at radius 2 is 1.20 bits per heavy atom. The monoisotopic (exact) mass is 255 g/mol. The first-order valence-corrected chi connectivity index (χ1v) is 3.35.